The van der Waals surface area contributed by atoms with E-state index in [0.717, 1.165) is 30.3 Å². The highest BCUT2D eigenvalue weighted by molar-refractivity contribution is 5.89. The molecule has 6 nitrogen and oxygen atoms in total. The first-order valence-corrected chi connectivity index (χ1v) is 10.1. The van der Waals surface area contributed by atoms with Crippen molar-refractivity contribution in [2.24, 2.45) is 10.4 Å². The average Bonchev–Trinajstić information content (AvgIpc) is 2.59. The SMILES string of the molecule is CCNC(=NCc1ccc(NC(=O)NC(C)C)cc1)NCC1(CC)CCC1. The molecule has 1 saturated carbocycles. The zero-order valence-corrected chi connectivity index (χ0v) is 17.2. The molecule has 0 radical (unpaired) electrons. The van der Waals surface area contributed by atoms with Crippen molar-refractivity contribution in [3.05, 3.63) is 29.8 Å². The Kier molecular flexibility index (Phi) is 7.95. The molecule has 4 N–H and O–H groups in total. The van der Waals surface area contributed by atoms with E-state index in [1.807, 2.05) is 38.1 Å². The zero-order chi connectivity index (χ0) is 19.7. The predicted octanol–water partition coefficient (Wildman–Crippen LogP) is 3.85. The summed E-state index contributed by atoms with van der Waals surface area (Å²) in [6, 6.07) is 7.74. The minimum Gasteiger partial charge on any atom is -0.357 e. The van der Waals surface area contributed by atoms with Gasteiger partial charge in [-0.3, -0.25) is 0 Å². The molecule has 0 saturated heterocycles. The van der Waals surface area contributed by atoms with Gasteiger partial charge in [0, 0.05) is 24.8 Å². The minimum absolute atomic E-state index is 0.113. The number of aliphatic imine (C=N–C) groups is 1. The highest BCUT2D eigenvalue weighted by Crippen LogP contribution is 2.42. The second-order valence-electron chi connectivity index (χ2n) is 7.71. The first-order chi connectivity index (χ1) is 13.0. The number of benzene rings is 1. The maximum absolute atomic E-state index is 11.7. The van der Waals surface area contributed by atoms with Crippen LogP contribution in [0.25, 0.3) is 0 Å². The monoisotopic (exact) mass is 373 g/mol. The zero-order valence-electron chi connectivity index (χ0n) is 17.2. The molecule has 0 bridgehead atoms. The molecule has 2 amide bonds. The van der Waals surface area contributed by atoms with E-state index in [1.165, 1.54) is 25.7 Å². The molecule has 6 heteroatoms. The second-order valence-corrected chi connectivity index (χ2v) is 7.71. The van der Waals surface area contributed by atoms with Gasteiger partial charge in [0.1, 0.15) is 0 Å². The van der Waals surface area contributed by atoms with E-state index in [1.54, 1.807) is 0 Å². The number of rotatable bonds is 8. The Morgan fingerprint density at radius 2 is 1.85 bits per heavy atom. The molecule has 0 aliphatic heterocycles. The predicted molar refractivity (Wildman–Crippen MR) is 113 cm³/mol. The van der Waals surface area contributed by atoms with Crippen LogP contribution in [-0.4, -0.2) is 31.1 Å². The molecule has 0 atom stereocenters. The van der Waals surface area contributed by atoms with E-state index in [2.05, 4.69) is 35.1 Å². The number of nitrogens with one attached hydrogen (secondary N) is 4. The van der Waals surface area contributed by atoms with Gasteiger partial charge in [0.05, 0.1) is 6.54 Å². The third kappa shape index (κ3) is 6.77. The molecular weight excluding hydrogens is 338 g/mol. The van der Waals surface area contributed by atoms with Crippen molar-refractivity contribution >= 4 is 17.7 Å². The maximum atomic E-state index is 11.7. The number of urea groups is 1. The van der Waals surface area contributed by atoms with Crippen LogP contribution in [0.3, 0.4) is 0 Å². The lowest BCUT2D eigenvalue weighted by atomic mass is 9.67. The quantitative estimate of drug-likeness (QED) is 0.413. The fourth-order valence-corrected chi connectivity index (χ4v) is 3.24. The van der Waals surface area contributed by atoms with E-state index in [-0.39, 0.29) is 12.1 Å². The molecule has 1 aromatic carbocycles. The van der Waals surface area contributed by atoms with Gasteiger partial charge in [0.2, 0.25) is 0 Å². The number of anilines is 1. The van der Waals surface area contributed by atoms with E-state index in [4.69, 9.17) is 4.99 Å². The summed E-state index contributed by atoms with van der Waals surface area (Å²) in [4.78, 5) is 16.4. The van der Waals surface area contributed by atoms with Crippen LogP contribution in [0.4, 0.5) is 10.5 Å². The van der Waals surface area contributed by atoms with Gasteiger partial charge in [-0.05, 0) is 63.1 Å². The van der Waals surface area contributed by atoms with Gasteiger partial charge in [-0.25, -0.2) is 9.79 Å². The van der Waals surface area contributed by atoms with Crippen LogP contribution in [-0.2, 0) is 6.54 Å². The highest BCUT2D eigenvalue weighted by Gasteiger charge is 2.34. The summed E-state index contributed by atoms with van der Waals surface area (Å²) in [5.74, 6) is 0.871. The van der Waals surface area contributed by atoms with Crippen LogP contribution in [0.15, 0.2) is 29.3 Å². The third-order valence-corrected chi connectivity index (χ3v) is 5.19. The molecule has 1 aromatic rings. The summed E-state index contributed by atoms with van der Waals surface area (Å²) < 4.78 is 0. The van der Waals surface area contributed by atoms with Crippen molar-refractivity contribution < 1.29 is 4.79 Å². The van der Waals surface area contributed by atoms with Gasteiger partial charge in [0.25, 0.3) is 0 Å². The Hall–Kier alpha value is -2.24. The average molecular weight is 374 g/mol. The van der Waals surface area contributed by atoms with Gasteiger partial charge in [0.15, 0.2) is 5.96 Å². The smallest absolute Gasteiger partial charge is 0.319 e. The number of amides is 2. The minimum atomic E-state index is -0.185. The lowest BCUT2D eigenvalue weighted by molar-refractivity contribution is 0.131. The summed E-state index contributed by atoms with van der Waals surface area (Å²) >= 11 is 0. The van der Waals surface area contributed by atoms with Crippen LogP contribution in [0, 0.1) is 5.41 Å². The highest BCUT2D eigenvalue weighted by atomic mass is 16.2. The summed E-state index contributed by atoms with van der Waals surface area (Å²) in [6.45, 7) is 10.7. The number of nitrogens with zero attached hydrogens (tertiary/aromatic N) is 1. The molecule has 0 heterocycles. The van der Waals surface area contributed by atoms with Gasteiger partial charge in [-0.15, -0.1) is 0 Å². The van der Waals surface area contributed by atoms with E-state index in [9.17, 15) is 4.79 Å². The van der Waals surface area contributed by atoms with Crippen LogP contribution in [0.2, 0.25) is 0 Å². The number of hydrogen-bond donors (Lipinski definition) is 4. The van der Waals surface area contributed by atoms with Gasteiger partial charge >= 0.3 is 6.03 Å². The standard InChI is InChI=1S/C21H35N5O/c1-5-21(12-7-13-21)15-24-19(22-6-2)23-14-17-8-10-18(11-9-17)26-20(27)25-16(3)4/h8-11,16H,5-7,12-15H2,1-4H3,(H2,22,23,24)(H2,25,26,27). The van der Waals surface area contributed by atoms with Crippen molar-refractivity contribution in [2.75, 3.05) is 18.4 Å². The number of guanidine groups is 1. The fraction of sp³-hybridized carbons (Fsp3) is 0.619. The van der Waals surface area contributed by atoms with E-state index < -0.39 is 0 Å². The van der Waals surface area contributed by atoms with Crippen molar-refractivity contribution in [2.45, 2.75) is 66.0 Å². The maximum Gasteiger partial charge on any atom is 0.319 e. The van der Waals surface area contributed by atoms with Gasteiger partial charge in [-0.2, -0.15) is 0 Å². The molecule has 1 aliphatic carbocycles. The van der Waals surface area contributed by atoms with Crippen molar-refractivity contribution in [1.82, 2.24) is 16.0 Å². The van der Waals surface area contributed by atoms with Crippen LogP contribution in [0.5, 0.6) is 0 Å². The Morgan fingerprint density at radius 1 is 1.15 bits per heavy atom. The first-order valence-electron chi connectivity index (χ1n) is 10.1. The molecule has 1 aliphatic rings. The van der Waals surface area contributed by atoms with Gasteiger partial charge in [-0.1, -0.05) is 25.5 Å². The topological polar surface area (TPSA) is 77.5 Å². The molecule has 0 aromatic heterocycles. The molecular formula is C21H35N5O. The lowest BCUT2D eigenvalue weighted by Crippen LogP contribution is -2.46. The Labute approximate surface area is 163 Å². The molecule has 0 unspecified atom stereocenters. The summed E-state index contributed by atoms with van der Waals surface area (Å²) in [5, 5.41) is 12.5. The van der Waals surface area contributed by atoms with E-state index >= 15 is 0 Å². The number of carbonyl (C=O) groups excluding carboxylic acids is 1. The van der Waals surface area contributed by atoms with Gasteiger partial charge < -0.3 is 21.3 Å². The van der Waals surface area contributed by atoms with Crippen molar-refractivity contribution in [3.63, 3.8) is 0 Å². The molecule has 2 rings (SSSR count). The van der Waals surface area contributed by atoms with Crippen LogP contribution >= 0.6 is 0 Å². The third-order valence-electron chi connectivity index (χ3n) is 5.19. The van der Waals surface area contributed by atoms with Crippen molar-refractivity contribution in [1.29, 1.82) is 0 Å². The molecule has 27 heavy (non-hydrogen) atoms. The van der Waals surface area contributed by atoms with E-state index in [0.29, 0.717) is 12.0 Å². The van der Waals surface area contributed by atoms with Crippen molar-refractivity contribution in [3.8, 4) is 0 Å². The lowest BCUT2D eigenvalue weighted by Gasteiger charge is -2.41. The van der Waals surface area contributed by atoms with Crippen LogP contribution < -0.4 is 21.3 Å². The summed E-state index contributed by atoms with van der Waals surface area (Å²) in [6.07, 6.45) is 5.19. The normalized spacial score (nSPS) is 15.8. The van der Waals surface area contributed by atoms with Crippen LogP contribution in [0.1, 0.15) is 58.9 Å². The summed E-state index contributed by atoms with van der Waals surface area (Å²) in [5.41, 5.74) is 2.34. The number of carbonyl (C=O) groups is 1. The Bertz CT molecular complexity index is 614. The molecule has 0 spiro atoms. The Balaban J connectivity index is 1.88. The largest absolute Gasteiger partial charge is 0.357 e. The fourth-order valence-electron chi connectivity index (χ4n) is 3.24. The second kappa shape index (κ2) is 10.2. The summed E-state index contributed by atoms with van der Waals surface area (Å²) in [7, 11) is 0. The first kappa shape index (κ1) is 21.1. The Morgan fingerprint density at radius 3 is 2.37 bits per heavy atom. The molecule has 1 fully saturated rings. The molecule has 150 valence electrons. The number of hydrogen-bond acceptors (Lipinski definition) is 2.